The molecule has 21 heavy (non-hydrogen) atoms. The highest BCUT2D eigenvalue weighted by molar-refractivity contribution is 5.27. The largest absolute Gasteiger partial charge is 0.303 e. The molecule has 0 radical (unpaired) electrons. The van der Waals surface area contributed by atoms with E-state index in [0.29, 0.717) is 0 Å². The normalized spacial score (nSPS) is 12.2. The molecule has 0 spiro atoms. The van der Waals surface area contributed by atoms with Crippen molar-refractivity contribution < 1.29 is 0 Å². The first-order chi connectivity index (χ1) is 10.4. The summed E-state index contributed by atoms with van der Waals surface area (Å²) in [6.07, 6.45) is 5.37. The predicted molar refractivity (Wildman–Crippen MR) is 80.5 cm³/mol. The first-order valence-corrected chi connectivity index (χ1v) is 6.97. The summed E-state index contributed by atoms with van der Waals surface area (Å²) < 4.78 is 1.81. The summed E-state index contributed by atoms with van der Waals surface area (Å²) in [4.78, 5) is 4.47. The molecule has 2 aromatic heterocycles. The molecule has 0 aliphatic heterocycles. The van der Waals surface area contributed by atoms with Gasteiger partial charge in [0, 0.05) is 18.9 Å². The Balaban J connectivity index is 1.73. The maximum atomic E-state index is 4.47. The quantitative estimate of drug-likeness (QED) is 0.750. The van der Waals surface area contributed by atoms with Crippen LogP contribution in [0.2, 0.25) is 0 Å². The molecule has 2 heterocycles. The zero-order chi connectivity index (χ0) is 14.3. The first-order valence-electron chi connectivity index (χ1n) is 6.97. The number of nitrogens with zero attached hydrogens (tertiary/aromatic N) is 4. The van der Waals surface area contributed by atoms with Gasteiger partial charge >= 0.3 is 0 Å². The van der Waals surface area contributed by atoms with Crippen molar-refractivity contribution in [1.82, 2.24) is 25.3 Å². The van der Waals surface area contributed by atoms with Gasteiger partial charge in [-0.2, -0.15) is 0 Å². The third-order valence-corrected chi connectivity index (χ3v) is 3.28. The number of hydrogen-bond donors (Lipinski definition) is 1. The van der Waals surface area contributed by atoms with Gasteiger partial charge in [0.15, 0.2) is 0 Å². The average Bonchev–Trinajstić information content (AvgIpc) is 3.07. The van der Waals surface area contributed by atoms with Crippen molar-refractivity contribution in [2.45, 2.75) is 12.6 Å². The molecule has 0 aliphatic carbocycles. The van der Waals surface area contributed by atoms with Gasteiger partial charge in [-0.25, -0.2) is 0 Å². The second-order valence-corrected chi connectivity index (χ2v) is 4.72. The molecule has 1 unspecified atom stereocenters. The van der Waals surface area contributed by atoms with Crippen molar-refractivity contribution in [1.29, 1.82) is 0 Å². The SMILES string of the molecule is c1ccc(C(NCCn2ccnn2)c2ccccn2)cc1. The monoisotopic (exact) mass is 279 g/mol. The lowest BCUT2D eigenvalue weighted by atomic mass is 10.0. The highest BCUT2D eigenvalue weighted by Crippen LogP contribution is 2.19. The molecule has 3 rings (SSSR count). The van der Waals surface area contributed by atoms with Gasteiger partial charge in [0.25, 0.3) is 0 Å². The lowest BCUT2D eigenvalue weighted by molar-refractivity contribution is 0.507. The van der Waals surface area contributed by atoms with E-state index in [1.807, 2.05) is 53.5 Å². The Morgan fingerprint density at radius 3 is 2.57 bits per heavy atom. The maximum absolute atomic E-state index is 4.47. The zero-order valence-electron chi connectivity index (χ0n) is 11.6. The van der Waals surface area contributed by atoms with Crippen LogP contribution in [0.15, 0.2) is 67.1 Å². The standard InChI is InChI=1S/C16H17N5/c1-2-6-14(7-3-1)16(15-8-4-5-9-17-15)18-10-12-21-13-11-19-20-21/h1-9,11,13,16,18H,10,12H2. The van der Waals surface area contributed by atoms with E-state index in [4.69, 9.17) is 0 Å². The molecule has 3 aromatic rings. The summed E-state index contributed by atoms with van der Waals surface area (Å²) in [5, 5.41) is 11.3. The fourth-order valence-corrected chi connectivity index (χ4v) is 2.26. The Hall–Kier alpha value is -2.53. The Morgan fingerprint density at radius 1 is 1.00 bits per heavy atom. The van der Waals surface area contributed by atoms with E-state index in [-0.39, 0.29) is 6.04 Å². The Bertz CT molecular complexity index is 597. The van der Waals surface area contributed by atoms with Crippen LogP contribution in [0.25, 0.3) is 0 Å². The van der Waals surface area contributed by atoms with Crippen molar-refractivity contribution in [3.63, 3.8) is 0 Å². The summed E-state index contributed by atoms with van der Waals surface area (Å²) in [5.41, 5.74) is 2.22. The molecule has 0 aliphatic rings. The highest BCUT2D eigenvalue weighted by Gasteiger charge is 2.13. The van der Waals surface area contributed by atoms with Crippen LogP contribution in [0.3, 0.4) is 0 Å². The third kappa shape index (κ3) is 3.52. The fourth-order valence-electron chi connectivity index (χ4n) is 2.26. The summed E-state index contributed by atoms with van der Waals surface area (Å²) in [5.74, 6) is 0. The number of hydrogen-bond acceptors (Lipinski definition) is 4. The van der Waals surface area contributed by atoms with Crippen molar-refractivity contribution in [2.75, 3.05) is 6.54 Å². The van der Waals surface area contributed by atoms with Crippen molar-refractivity contribution in [3.05, 3.63) is 78.4 Å². The number of aromatic nitrogens is 4. The predicted octanol–water partition coefficient (Wildman–Crippen LogP) is 2.05. The third-order valence-electron chi connectivity index (χ3n) is 3.28. The maximum Gasteiger partial charge on any atom is 0.0752 e. The number of rotatable bonds is 6. The number of pyridine rings is 1. The Labute approximate surface area is 123 Å². The van der Waals surface area contributed by atoms with Crippen molar-refractivity contribution >= 4 is 0 Å². The zero-order valence-corrected chi connectivity index (χ0v) is 11.6. The minimum atomic E-state index is 0.0796. The minimum absolute atomic E-state index is 0.0796. The van der Waals surface area contributed by atoms with Gasteiger partial charge in [0.05, 0.1) is 24.5 Å². The highest BCUT2D eigenvalue weighted by atomic mass is 15.4. The van der Waals surface area contributed by atoms with Gasteiger partial charge in [-0.15, -0.1) is 5.10 Å². The van der Waals surface area contributed by atoms with Crippen molar-refractivity contribution in [3.8, 4) is 0 Å². The van der Waals surface area contributed by atoms with E-state index >= 15 is 0 Å². The van der Waals surface area contributed by atoms with E-state index in [9.17, 15) is 0 Å². The van der Waals surface area contributed by atoms with Crippen LogP contribution in [0.4, 0.5) is 0 Å². The molecule has 0 saturated carbocycles. The Morgan fingerprint density at radius 2 is 1.86 bits per heavy atom. The van der Waals surface area contributed by atoms with Crippen LogP contribution < -0.4 is 5.32 Å². The van der Waals surface area contributed by atoms with Crippen LogP contribution >= 0.6 is 0 Å². The Kier molecular flexibility index (Phi) is 4.33. The van der Waals surface area contributed by atoms with E-state index in [1.54, 1.807) is 6.20 Å². The second kappa shape index (κ2) is 6.76. The molecule has 1 atom stereocenters. The minimum Gasteiger partial charge on any atom is -0.303 e. The van der Waals surface area contributed by atoms with Crippen LogP contribution in [0.1, 0.15) is 17.3 Å². The summed E-state index contributed by atoms with van der Waals surface area (Å²) in [6.45, 7) is 1.57. The van der Waals surface area contributed by atoms with E-state index in [1.165, 1.54) is 5.56 Å². The molecule has 5 nitrogen and oxygen atoms in total. The van der Waals surface area contributed by atoms with Crippen LogP contribution in [-0.2, 0) is 6.54 Å². The molecule has 0 bridgehead atoms. The van der Waals surface area contributed by atoms with Crippen LogP contribution in [-0.4, -0.2) is 26.5 Å². The molecule has 0 amide bonds. The smallest absolute Gasteiger partial charge is 0.0752 e. The van der Waals surface area contributed by atoms with Crippen LogP contribution in [0, 0.1) is 0 Å². The molecule has 106 valence electrons. The average molecular weight is 279 g/mol. The van der Waals surface area contributed by atoms with Crippen molar-refractivity contribution in [2.24, 2.45) is 0 Å². The second-order valence-electron chi connectivity index (χ2n) is 4.72. The van der Waals surface area contributed by atoms with Gasteiger partial charge in [-0.3, -0.25) is 9.67 Å². The molecule has 1 aromatic carbocycles. The van der Waals surface area contributed by atoms with Gasteiger partial charge in [0.1, 0.15) is 0 Å². The van der Waals surface area contributed by atoms with Gasteiger partial charge < -0.3 is 5.32 Å². The summed E-state index contributed by atoms with van der Waals surface area (Å²) in [7, 11) is 0. The van der Waals surface area contributed by atoms with E-state index in [0.717, 1.165) is 18.8 Å². The van der Waals surface area contributed by atoms with Gasteiger partial charge in [0.2, 0.25) is 0 Å². The lowest BCUT2D eigenvalue weighted by Gasteiger charge is -2.18. The molecule has 1 N–H and O–H groups in total. The number of nitrogens with one attached hydrogen (secondary N) is 1. The molecule has 5 heteroatoms. The fraction of sp³-hybridized carbons (Fsp3) is 0.188. The molecule has 0 fully saturated rings. The summed E-state index contributed by atoms with van der Waals surface area (Å²) in [6, 6.07) is 16.4. The topological polar surface area (TPSA) is 55.6 Å². The summed E-state index contributed by atoms with van der Waals surface area (Å²) >= 11 is 0. The molecule has 0 saturated heterocycles. The van der Waals surface area contributed by atoms with E-state index < -0.39 is 0 Å². The lowest BCUT2D eigenvalue weighted by Crippen LogP contribution is -2.27. The molecular formula is C16H17N5. The van der Waals surface area contributed by atoms with E-state index in [2.05, 4.69) is 32.7 Å². The molecular weight excluding hydrogens is 262 g/mol. The number of benzene rings is 1. The van der Waals surface area contributed by atoms with Crippen LogP contribution in [0.5, 0.6) is 0 Å². The first kappa shape index (κ1) is 13.5. The van der Waals surface area contributed by atoms with Gasteiger partial charge in [-0.1, -0.05) is 41.6 Å². The van der Waals surface area contributed by atoms with Gasteiger partial charge in [-0.05, 0) is 17.7 Å².